The molecule has 6 nitrogen and oxygen atoms in total. The number of nitrogens with two attached hydrogens (primary N) is 1. The lowest BCUT2D eigenvalue weighted by molar-refractivity contribution is -0.138. The molecule has 4 N–H and O–H groups in total. The normalized spacial score (nSPS) is 17.1. The first-order valence-corrected chi connectivity index (χ1v) is 7.07. The zero-order chi connectivity index (χ0) is 14.8. The molecule has 1 unspecified atom stereocenters. The number of anilines is 1. The molecule has 1 fully saturated rings. The van der Waals surface area contributed by atoms with E-state index in [2.05, 4.69) is 16.0 Å². The number of nitrogens with one attached hydrogen (secondary N) is 1. The minimum absolute atomic E-state index is 0.321. The Morgan fingerprint density at radius 3 is 2.90 bits per heavy atom. The van der Waals surface area contributed by atoms with Gasteiger partial charge in [0.05, 0.1) is 24.4 Å². The van der Waals surface area contributed by atoms with Crippen LogP contribution in [0.2, 0.25) is 0 Å². The van der Waals surface area contributed by atoms with Crippen LogP contribution in [-0.4, -0.2) is 48.4 Å². The lowest BCUT2D eigenvalue weighted by Crippen LogP contribution is -2.36. The number of hydrogen-bond acceptors (Lipinski definition) is 4. The summed E-state index contributed by atoms with van der Waals surface area (Å²) in [4.78, 5) is 16.5. The highest BCUT2D eigenvalue weighted by Crippen LogP contribution is 2.29. The van der Waals surface area contributed by atoms with Gasteiger partial charge in [-0.05, 0) is 11.6 Å². The minimum Gasteiger partial charge on any atom is -0.480 e. The molecule has 6 heteroatoms. The lowest BCUT2D eigenvalue weighted by atomic mass is 10.0. The number of morpholine rings is 1. The molecule has 3 rings (SSSR count). The topological polar surface area (TPSA) is 91.6 Å². The van der Waals surface area contributed by atoms with E-state index in [1.165, 1.54) is 0 Å². The molecule has 112 valence electrons. The van der Waals surface area contributed by atoms with Gasteiger partial charge in [-0.15, -0.1) is 0 Å². The Labute approximate surface area is 122 Å². The molecular formula is C15H19N3O3. The highest BCUT2D eigenvalue weighted by molar-refractivity contribution is 5.94. The highest BCUT2D eigenvalue weighted by Gasteiger charge is 2.18. The molecule has 0 saturated carbocycles. The summed E-state index contributed by atoms with van der Waals surface area (Å²) in [6.07, 6.45) is 2.18. The maximum absolute atomic E-state index is 10.9. The van der Waals surface area contributed by atoms with Crippen LogP contribution in [0.5, 0.6) is 0 Å². The first kappa shape index (κ1) is 13.9. The van der Waals surface area contributed by atoms with Gasteiger partial charge in [0.25, 0.3) is 0 Å². The number of carboxylic acid groups (broad SMARTS) is 1. The van der Waals surface area contributed by atoms with Crippen LogP contribution in [-0.2, 0) is 16.0 Å². The third-order valence-corrected chi connectivity index (χ3v) is 3.89. The number of carbonyl (C=O) groups is 1. The fourth-order valence-electron chi connectivity index (χ4n) is 2.76. The number of aromatic amines is 1. The number of nitrogens with zero attached hydrogens (tertiary/aromatic N) is 1. The average molecular weight is 289 g/mol. The zero-order valence-electron chi connectivity index (χ0n) is 11.7. The summed E-state index contributed by atoms with van der Waals surface area (Å²) >= 11 is 0. The molecule has 0 bridgehead atoms. The number of carboxylic acids is 1. The van der Waals surface area contributed by atoms with Crippen LogP contribution in [0.3, 0.4) is 0 Å². The fraction of sp³-hybridized carbons (Fsp3) is 0.400. The van der Waals surface area contributed by atoms with E-state index in [0.29, 0.717) is 6.42 Å². The Morgan fingerprint density at radius 2 is 2.19 bits per heavy atom. The number of aliphatic carboxylic acids is 1. The Bertz CT molecular complexity index is 647. The average Bonchev–Trinajstić information content (AvgIpc) is 2.91. The van der Waals surface area contributed by atoms with Gasteiger partial charge in [0.15, 0.2) is 0 Å². The third-order valence-electron chi connectivity index (χ3n) is 3.89. The Hall–Kier alpha value is -2.05. The van der Waals surface area contributed by atoms with Crippen LogP contribution in [0.4, 0.5) is 5.69 Å². The number of H-pyrrole nitrogens is 1. The van der Waals surface area contributed by atoms with Crippen molar-refractivity contribution in [2.75, 3.05) is 31.2 Å². The van der Waals surface area contributed by atoms with Gasteiger partial charge in [-0.3, -0.25) is 4.79 Å². The second kappa shape index (κ2) is 5.75. The fourth-order valence-corrected chi connectivity index (χ4v) is 2.76. The predicted molar refractivity (Wildman–Crippen MR) is 80.6 cm³/mol. The molecular weight excluding hydrogens is 270 g/mol. The quantitative estimate of drug-likeness (QED) is 0.779. The Kier molecular flexibility index (Phi) is 3.81. The van der Waals surface area contributed by atoms with Crippen molar-refractivity contribution >= 4 is 22.6 Å². The summed E-state index contributed by atoms with van der Waals surface area (Å²) < 4.78 is 5.38. The lowest BCUT2D eigenvalue weighted by Gasteiger charge is -2.29. The van der Waals surface area contributed by atoms with Crippen molar-refractivity contribution in [3.63, 3.8) is 0 Å². The number of hydrogen-bond donors (Lipinski definition) is 3. The van der Waals surface area contributed by atoms with Gasteiger partial charge in [-0.25, -0.2) is 0 Å². The molecule has 1 aliphatic rings. The molecule has 1 saturated heterocycles. The first-order valence-electron chi connectivity index (χ1n) is 7.07. The van der Waals surface area contributed by atoms with E-state index in [-0.39, 0.29) is 0 Å². The van der Waals surface area contributed by atoms with Gasteiger partial charge in [0.1, 0.15) is 6.04 Å². The van der Waals surface area contributed by atoms with Gasteiger partial charge in [-0.2, -0.15) is 0 Å². The van der Waals surface area contributed by atoms with E-state index in [4.69, 9.17) is 15.6 Å². The molecule has 0 amide bonds. The van der Waals surface area contributed by atoms with Gasteiger partial charge in [-0.1, -0.05) is 12.1 Å². The Balaban J connectivity index is 1.94. The second-order valence-corrected chi connectivity index (χ2v) is 5.26. The molecule has 0 spiro atoms. The van der Waals surface area contributed by atoms with Crippen molar-refractivity contribution < 1.29 is 14.6 Å². The van der Waals surface area contributed by atoms with Crippen molar-refractivity contribution in [3.8, 4) is 0 Å². The maximum Gasteiger partial charge on any atom is 0.320 e. The molecule has 0 aliphatic carbocycles. The molecule has 21 heavy (non-hydrogen) atoms. The molecule has 0 radical (unpaired) electrons. The van der Waals surface area contributed by atoms with Crippen LogP contribution < -0.4 is 10.6 Å². The third kappa shape index (κ3) is 2.72. The van der Waals surface area contributed by atoms with Crippen molar-refractivity contribution in [3.05, 3.63) is 30.0 Å². The maximum atomic E-state index is 10.9. The number of rotatable bonds is 4. The van der Waals surface area contributed by atoms with Crippen LogP contribution in [0.1, 0.15) is 5.56 Å². The minimum atomic E-state index is -0.978. The zero-order valence-corrected chi connectivity index (χ0v) is 11.7. The van der Waals surface area contributed by atoms with Crippen LogP contribution in [0.25, 0.3) is 10.9 Å². The van der Waals surface area contributed by atoms with E-state index >= 15 is 0 Å². The summed E-state index contributed by atoms with van der Waals surface area (Å²) in [5.74, 6) is -0.978. The molecule has 2 aromatic rings. The van der Waals surface area contributed by atoms with Crippen molar-refractivity contribution in [2.24, 2.45) is 5.73 Å². The second-order valence-electron chi connectivity index (χ2n) is 5.26. The number of fused-ring (bicyclic) bond motifs is 1. The SMILES string of the molecule is NC(Cc1c[nH]c2c(N3CCOCC3)cccc12)C(=O)O. The van der Waals surface area contributed by atoms with Gasteiger partial charge in [0.2, 0.25) is 0 Å². The summed E-state index contributed by atoms with van der Waals surface area (Å²) in [7, 11) is 0. The van der Waals surface area contributed by atoms with Crippen LogP contribution >= 0.6 is 0 Å². The molecule has 1 aliphatic heterocycles. The predicted octanol–water partition coefficient (Wildman–Crippen LogP) is 0.959. The van der Waals surface area contributed by atoms with E-state index in [9.17, 15) is 4.79 Å². The number of para-hydroxylation sites is 1. The first-order chi connectivity index (χ1) is 10.2. The van der Waals surface area contributed by atoms with Gasteiger partial charge >= 0.3 is 5.97 Å². The van der Waals surface area contributed by atoms with Crippen molar-refractivity contribution in [2.45, 2.75) is 12.5 Å². The summed E-state index contributed by atoms with van der Waals surface area (Å²) in [5, 5.41) is 9.99. The highest BCUT2D eigenvalue weighted by atomic mass is 16.5. The Morgan fingerprint density at radius 1 is 1.43 bits per heavy atom. The monoisotopic (exact) mass is 289 g/mol. The van der Waals surface area contributed by atoms with Crippen LogP contribution in [0, 0.1) is 0 Å². The number of ether oxygens (including phenoxy) is 1. The molecule has 1 aromatic heterocycles. The smallest absolute Gasteiger partial charge is 0.320 e. The number of aromatic nitrogens is 1. The number of benzene rings is 1. The molecule has 1 aromatic carbocycles. The van der Waals surface area contributed by atoms with E-state index < -0.39 is 12.0 Å². The van der Waals surface area contributed by atoms with Crippen molar-refractivity contribution in [1.29, 1.82) is 0 Å². The van der Waals surface area contributed by atoms with E-state index in [1.807, 2.05) is 18.3 Å². The van der Waals surface area contributed by atoms with Crippen molar-refractivity contribution in [1.82, 2.24) is 4.98 Å². The summed E-state index contributed by atoms with van der Waals surface area (Å²) in [6, 6.07) is 5.19. The largest absolute Gasteiger partial charge is 0.480 e. The summed E-state index contributed by atoms with van der Waals surface area (Å²) in [5.41, 5.74) is 8.74. The summed E-state index contributed by atoms with van der Waals surface area (Å²) in [6.45, 7) is 3.19. The van der Waals surface area contributed by atoms with Gasteiger partial charge < -0.3 is 25.5 Å². The molecule has 2 heterocycles. The molecule has 1 atom stereocenters. The standard InChI is InChI=1S/C15H19N3O3/c16-12(15(19)20)8-10-9-17-14-11(10)2-1-3-13(14)18-4-6-21-7-5-18/h1-3,9,12,17H,4-8,16H2,(H,19,20). The van der Waals surface area contributed by atoms with Gasteiger partial charge in [0, 0.05) is 31.1 Å². The van der Waals surface area contributed by atoms with E-state index in [1.54, 1.807) is 0 Å². The van der Waals surface area contributed by atoms with Crippen LogP contribution in [0.15, 0.2) is 24.4 Å². The van der Waals surface area contributed by atoms with E-state index in [0.717, 1.165) is 48.5 Å².